The Morgan fingerprint density at radius 2 is 1.67 bits per heavy atom. The molecule has 1 aliphatic rings. The highest BCUT2D eigenvalue weighted by molar-refractivity contribution is 6.62. The average molecular weight is 242 g/mol. The van der Waals surface area contributed by atoms with Crippen LogP contribution in [-0.2, 0) is 9.31 Å². The van der Waals surface area contributed by atoms with E-state index in [1.165, 1.54) is 0 Å². The first-order chi connectivity index (χ1) is 8.27. The molecule has 0 unspecified atom stereocenters. The number of terminal acetylenes is 1. The lowest BCUT2D eigenvalue weighted by molar-refractivity contribution is 0.00578. The van der Waals surface area contributed by atoms with Crippen molar-refractivity contribution in [1.29, 1.82) is 0 Å². The van der Waals surface area contributed by atoms with E-state index in [9.17, 15) is 0 Å². The van der Waals surface area contributed by atoms with Gasteiger partial charge in [-0.1, -0.05) is 17.6 Å². The molecular weight excluding hydrogens is 223 g/mol. The Labute approximate surface area is 110 Å². The van der Waals surface area contributed by atoms with E-state index in [-0.39, 0.29) is 18.3 Å². The van der Waals surface area contributed by atoms with Crippen molar-refractivity contribution in [2.45, 2.75) is 45.8 Å². The molecule has 0 N–H and O–H groups in total. The number of aryl methyl sites for hydroxylation is 1. The highest BCUT2D eigenvalue weighted by atomic mass is 16.7. The van der Waals surface area contributed by atoms with Gasteiger partial charge >= 0.3 is 7.12 Å². The fourth-order valence-electron chi connectivity index (χ4n) is 1.95. The van der Waals surface area contributed by atoms with Crippen LogP contribution < -0.4 is 5.46 Å². The lowest BCUT2D eigenvalue weighted by Crippen LogP contribution is -2.41. The minimum absolute atomic E-state index is 0.323. The molecule has 0 aliphatic carbocycles. The Morgan fingerprint density at radius 3 is 2.17 bits per heavy atom. The Balaban J connectivity index is 2.38. The van der Waals surface area contributed by atoms with Gasteiger partial charge in [0.1, 0.15) is 0 Å². The number of benzene rings is 1. The van der Waals surface area contributed by atoms with Crippen molar-refractivity contribution in [2.24, 2.45) is 0 Å². The summed E-state index contributed by atoms with van der Waals surface area (Å²) >= 11 is 0. The van der Waals surface area contributed by atoms with Gasteiger partial charge in [0, 0.05) is 5.56 Å². The van der Waals surface area contributed by atoms with Crippen LogP contribution in [-0.4, -0.2) is 18.3 Å². The van der Waals surface area contributed by atoms with Gasteiger partial charge in [-0.05, 0) is 52.2 Å². The summed E-state index contributed by atoms with van der Waals surface area (Å²) in [4.78, 5) is 0. The highest BCUT2D eigenvalue weighted by Crippen LogP contribution is 2.36. The summed E-state index contributed by atoms with van der Waals surface area (Å²) in [5, 5.41) is 0. The molecule has 1 aromatic rings. The minimum atomic E-state index is -0.344. The lowest BCUT2D eigenvalue weighted by Gasteiger charge is -2.32. The molecule has 3 heteroatoms. The smallest absolute Gasteiger partial charge is 0.399 e. The quantitative estimate of drug-likeness (QED) is 0.555. The molecular formula is C15H19BO2. The first-order valence-corrected chi connectivity index (χ1v) is 6.20. The van der Waals surface area contributed by atoms with E-state index in [1.807, 2.05) is 52.8 Å². The molecule has 1 heterocycles. The summed E-state index contributed by atoms with van der Waals surface area (Å²) in [5.41, 5.74) is 2.36. The van der Waals surface area contributed by atoms with Gasteiger partial charge in [0.05, 0.1) is 11.2 Å². The van der Waals surface area contributed by atoms with Crippen LogP contribution in [0.2, 0.25) is 0 Å². The zero-order chi connectivity index (χ0) is 13.6. The summed E-state index contributed by atoms with van der Waals surface area (Å²) in [5.74, 6) is 2.65. The van der Waals surface area contributed by atoms with Gasteiger partial charge in [-0.2, -0.15) is 0 Å². The largest absolute Gasteiger partial charge is 0.495 e. The van der Waals surface area contributed by atoms with Crippen LogP contribution >= 0.6 is 0 Å². The first kappa shape index (κ1) is 13.2. The molecule has 94 valence electrons. The number of hydrogen-bond donors (Lipinski definition) is 0. The standard InChI is InChI=1S/C15H19BO2/c1-7-12-9-8-11(2)13(10-12)16-17-14(3,4)15(5,6)18-16/h1,8-10H,2-6H3. The van der Waals surface area contributed by atoms with Gasteiger partial charge in [-0.25, -0.2) is 0 Å². The zero-order valence-corrected chi connectivity index (χ0v) is 11.7. The summed E-state index contributed by atoms with van der Waals surface area (Å²) in [6, 6.07) is 5.91. The maximum Gasteiger partial charge on any atom is 0.495 e. The maximum atomic E-state index is 6.04. The third kappa shape index (κ3) is 2.07. The second-order valence-electron chi connectivity index (χ2n) is 5.80. The van der Waals surface area contributed by atoms with Crippen molar-refractivity contribution >= 4 is 12.6 Å². The lowest BCUT2D eigenvalue weighted by atomic mass is 9.75. The molecule has 0 bridgehead atoms. The van der Waals surface area contributed by atoms with E-state index in [0.29, 0.717) is 0 Å². The van der Waals surface area contributed by atoms with Crippen LogP contribution in [0.1, 0.15) is 38.8 Å². The number of hydrogen-bond acceptors (Lipinski definition) is 2. The summed E-state index contributed by atoms with van der Waals surface area (Å²) in [6.07, 6.45) is 5.44. The molecule has 0 atom stereocenters. The fourth-order valence-corrected chi connectivity index (χ4v) is 1.95. The second kappa shape index (κ2) is 4.15. The Kier molecular flexibility index (Phi) is 3.05. The Hall–Kier alpha value is -1.24. The summed E-state index contributed by atoms with van der Waals surface area (Å²) in [7, 11) is -0.344. The predicted octanol–water partition coefficient (Wildman–Crippen LogP) is 2.28. The SMILES string of the molecule is C#Cc1ccc(C)c(B2OC(C)(C)C(C)(C)O2)c1. The molecule has 1 fully saturated rings. The van der Waals surface area contributed by atoms with Crippen LogP contribution in [0.5, 0.6) is 0 Å². The van der Waals surface area contributed by atoms with E-state index >= 15 is 0 Å². The van der Waals surface area contributed by atoms with E-state index in [4.69, 9.17) is 15.7 Å². The van der Waals surface area contributed by atoms with E-state index in [0.717, 1.165) is 16.6 Å². The van der Waals surface area contributed by atoms with Crippen LogP contribution in [0.3, 0.4) is 0 Å². The second-order valence-corrected chi connectivity index (χ2v) is 5.80. The molecule has 1 aliphatic heterocycles. The van der Waals surface area contributed by atoms with Gasteiger partial charge in [-0.3, -0.25) is 0 Å². The van der Waals surface area contributed by atoms with Crippen molar-refractivity contribution in [3.05, 3.63) is 29.3 Å². The minimum Gasteiger partial charge on any atom is -0.399 e. The third-order valence-corrected chi connectivity index (χ3v) is 3.95. The van der Waals surface area contributed by atoms with Gasteiger partial charge in [0.15, 0.2) is 0 Å². The Morgan fingerprint density at radius 1 is 1.11 bits per heavy atom. The topological polar surface area (TPSA) is 18.5 Å². The molecule has 0 saturated carbocycles. The van der Waals surface area contributed by atoms with E-state index in [1.54, 1.807) is 0 Å². The molecule has 2 rings (SSSR count). The molecule has 0 aromatic heterocycles. The van der Waals surface area contributed by atoms with E-state index in [2.05, 4.69) is 5.92 Å². The summed E-state index contributed by atoms with van der Waals surface area (Å²) in [6.45, 7) is 10.2. The van der Waals surface area contributed by atoms with Crippen LogP contribution in [0.25, 0.3) is 0 Å². The average Bonchev–Trinajstić information content (AvgIpc) is 2.48. The molecule has 0 amide bonds. The predicted molar refractivity (Wildman–Crippen MR) is 74.8 cm³/mol. The Bertz CT molecular complexity index is 496. The normalized spacial score (nSPS) is 20.8. The van der Waals surface area contributed by atoms with Crippen molar-refractivity contribution in [3.8, 4) is 12.3 Å². The van der Waals surface area contributed by atoms with Crippen molar-refractivity contribution < 1.29 is 9.31 Å². The summed E-state index contributed by atoms with van der Waals surface area (Å²) < 4.78 is 12.1. The number of rotatable bonds is 1. The van der Waals surface area contributed by atoms with Gasteiger partial charge < -0.3 is 9.31 Å². The molecule has 2 nitrogen and oxygen atoms in total. The zero-order valence-electron chi connectivity index (χ0n) is 11.7. The molecule has 1 saturated heterocycles. The van der Waals surface area contributed by atoms with Gasteiger partial charge in [-0.15, -0.1) is 6.42 Å². The first-order valence-electron chi connectivity index (χ1n) is 6.20. The van der Waals surface area contributed by atoms with Gasteiger partial charge in [0.2, 0.25) is 0 Å². The molecule has 0 spiro atoms. The molecule has 18 heavy (non-hydrogen) atoms. The van der Waals surface area contributed by atoms with Crippen LogP contribution in [0.4, 0.5) is 0 Å². The monoisotopic (exact) mass is 242 g/mol. The van der Waals surface area contributed by atoms with Crippen molar-refractivity contribution in [1.82, 2.24) is 0 Å². The van der Waals surface area contributed by atoms with Crippen molar-refractivity contribution in [3.63, 3.8) is 0 Å². The fraction of sp³-hybridized carbons (Fsp3) is 0.467. The van der Waals surface area contributed by atoms with E-state index < -0.39 is 0 Å². The maximum absolute atomic E-state index is 6.04. The van der Waals surface area contributed by atoms with Crippen LogP contribution in [0.15, 0.2) is 18.2 Å². The van der Waals surface area contributed by atoms with Gasteiger partial charge in [0.25, 0.3) is 0 Å². The van der Waals surface area contributed by atoms with Crippen LogP contribution in [0, 0.1) is 19.3 Å². The third-order valence-electron chi connectivity index (χ3n) is 3.95. The highest BCUT2D eigenvalue weighted by Gasteiger charge is 2.52. The molecule has 0 radical (unpaired) electrons. The van der Waals surface area contributed by atoms with Crippen molar-refractivity contribution in [2.75, 3.05) is 0 Å². The molecule has 1 aromatic carbocycles.